The second-order valence-electron chi connectivity index (χ2n) is 6.48. The highest BCUT2D eigenvalue weighted by Crippen LogP contribution is 2.29. The van der Waals surface area contributed by atoms with Gasteiger partial charge in [0.25, 0.3) is 0 Å². The summed E-state index contributed by atoms with van der Waals surface area (Å²) >= 11 is 0. The van der Waals surface area contributed by atoms with Crippen LogP contribution in [0.5, 0.6) is 5.88 Å². The van der Waals surface area contributed by atoms with Gasteiger partial charge >= 0.3 is 0 Å². The summed E-state index contributed by atoms with van der Waals surface area (Å²) in [6, 6.07) is 20.6. The summed E-state index contributed by atoms with van der Waals surface area (Å²) in [5, 5.41) is 1.09. The molecule has 0 saturated carbocycles. The highest BCUT2D eigenvalue weighted by Gasteiger charge is 2.14. The fraction of sp³-hybridized carbons (Fsp3) is 0.0870. The van der Waals surface area contributed by atoms with Crippen molar-refractivity contribution in [2.75, 3.05) is 6.61 Å². The van der Waals surface area contributed by atoms with Gasteiger partial charge in [0.1, 0.15) is 11.3 Å². The molecule has 0 aliphatic carbocycles. The molecule has 0 saturated heterocycles. The number of nitrogens with zero attached hydrogens (tertiary/aromatic N) is 4. The average Bonchev–Trinajstić information content (AvgIpc) is 3.13. The normalized spacial score (nSPS) is 11.2. The maximum atomic E-state index is 5.70. The lowest BCUT2D eigenvalue weighted by molar-refractivity contribution is 0.332. The Kier molecular flexibility index (Phi) is 3.98. The van der Waals surface area contributed by atoms with Crippen molar-refractivity contribution in [1.29, 1.82) is 0 Å². The highest BCUT2D eigenvalue weighted by atomic mass is 16.5. The Morgan fingerprint density at radius 1 is 0.929 bits per heavy atom. The molecule has 28 heavy (non-hydrogen) atoms. The first-order valence-corrected chi connectivity index (χ1v) is 9.25. The molecule has 0 unspecified atom stereocenters. The Labute approximate surface area is 162 Å². The van der Waals surface area contributed by atoms with E-state index in [0.29, 0.717) is 12.5 Å². The van der Waals surface area contributed by atoms with Crippen LogP contribution in [0.2, 0.25) is 0 Å². The minimum atomic E-state index is 0.556. The van der Waals surface area contributed by atoms with Crippen LogP contribution in [0.4, 0.5) is 0 Å². The number of pyridine rings is 1. The van der Waals surface area contributed by atoms with E-state index in [-0.39, 0.29) is 0 Å². The molecule has 5 heteroatoms. The maximum absolute atomic E-state index is 5.70. The van der Waals surface area contributed by atoms with E-state index in [1.54, 1.807) is 12.4 Å². The predicted molar refractivity (Wildman–Crippen MR) is 110 cm³/mol. The van der Waals surface area contributed by atoms with Gasteiger partial charge < -0.3 is 4.74 Å². The van der Waals surface area contributed by atoms with Crippen molar-refractivity contribution < 1.29 is 4.74 Å². The molecule has 0 bridgehead atoms. The van der Waals surface area contributed by atoms with Gasteiger partial charge in [-0.1, -0.05) is 48.5 Å². The van der Waals surface area contributed by atoms with E-state index in [9.17, 15) is 0 Å². The number of ether oxygens (including phenoxy) is 1. The molecule has 2 aromatic carbocycles. The van der Waals surface area contributed by atoms with Crippen LogP contribution in [0.1, 0.15) is 6.92 Å². The van der Waals surface area contributed by atoms with Gasteiger partial charge in [0.15, 0.2) is 0 Å². The topological polar surface area (TPSA) is 52.3 Å². The number of hydrogen-bond donors (Lipinski definition) is 0. The molecule has 5 aromatic rings. The third-order valence-electron chi connectivity index (χ3n) is 4.71. The van der Waals surface area contributed by atoms with Crippen molar-refractivity contribution in [2.45, 2.75) is 6.92 Å². The standard InChI is InChI=1S/C23H18N4O/c1-2-28-23-21-15-24-12-13-27(21)22(26-23)18-9-8-17-10-11-19(25-20(17)14-18)16-6-4-3-5-7-16/h3-15H,2H2,1H3. The maximum Gasteiger partial charge on any atom is 0.241 e. The predicted octanol–water partition coefficient (Wildman–Crippen LogP) is 5.01. The number of benzene rings is 2. The molecule has 0 atom stereocenters. The Balaban J connectivity index is 1.67. The molecule has 5 nitrogen and oxygen atoms in total. The van der Waals surface area contributed by atoms with Crippen LogP contribution in [0.15, 0.2) is 79.3 Å². The Morgan fingerprint density at radius 2 is 1.79 bits per heavy atom. The molecule has 0 aliphatic rings. The summed E-state index contributed by atoms with van der Waals surface area (Å²) in [7, 11) is 0. The lowest BCUT2D eigenvalue weighted by Crippen LogP contribution is -1.92. The molecule has 0 N–H and O–H groups in total. The van der Waals surface area contributed by atoms with Gasteiger partial charge in [-0.2, -0.15) is 4.98 Å². The van der Waals surface area contributed by atoms with Crippen LogP contribution < -0.4 is 4.74 Å². The van der Waals surface area contributed by atoms with Crippen molar-refractivity contribution in [3.05, 3.63) is 79.3 Å². The highest BCUT2D eigenvalue weighted by molar-refractivity contribution is 5.86. The Hall–Kier alpha value is -3.73. The zero-order valence-electron chi connectivity index (χ0n) is 15.4. The van der Waals surface area contributed by atoms with E-state index >= 15 is 0 Å². The van der Waals surface area contributed by atoms with Gasteiger partial charge in [0.05, 0.1) is 24.0 Å². The summed E-state index contributed by atoms with van der Waals surface area (Å²) in [6.07, 6.45) is 5.42. The van der Waals surface area contributed by atoms with Crippen molar-refractivity contribution in [3.63, 3.8) is 0 Å². The number of hydrogen-bond acceptors (Lipinski definition) is 4. The quantitative estimate of drug-likeness (QED) is 0.449. The molecule has 3 heterocycles. The summed E-state index contributed by atoms with van der Waals surface area (Å²) in [4.78, 5) is 13.8. The molecular formula is C23H18N4O. The van der Waals surface area contributed by atoms with Gasteiger partial charge in [-0.15, -0.1) is 0 Å². The van der Waals surface area contributed by atoms with Gasteiger partial charge in [-0.25, -0.2) is 4.98 Å². The van der Waals surface area contributed by atoms with E-state index in [0.717, 1.165) is 39.1 Å². The lowest BCUT2D eigenvalue weighted by Gasteiger charge is -2.06. The minimum Gasteiger partial charge on any atom is -0.476 e. The second-order valence-corrected chi connectivity index (χ2v) is 6.48. The van der Waals surface area contributed by atoms with Crippen molar-refractivity contribution in [3.8, 4) is 28.5 Å². The Bertz CT molecular complexity index is 1280. The van der Waals surface area contributed by atoms with Crippen LogP contribution in [-0.2, 0) is 0 Å². The van der Waals surface area contributed by atoms with Crippen molar-refractivity contribution >= 4 is 16.4 Å². The van der Waals surface area contributed by atoms with Gasteiger partial charge in [0.2, 0.25) is 5.88 Å². The van der Waals surface area contributed by atoms with Crippen LogP contribution in [0.3, 0.4) is 0 Å². The Morgan fingerprint density at radius 3 is 2.64 bits per heavy atom. The van der Waals surface area contributed by atoms with Crippen LogP contribution in [0, 0.1) is 0 Å². The van der Waals surface area contributed by atoms with E-state index in [1.165, 1.54) is 0 Å². The summed E-state index contributed by atoms with van der Waals surface area (Å²) < 4.78 is 7.70. The number of aromatic nitrogens is 4. The number of rotatable bonds is 4. The van der Waals surface area contributed by atoms with E-state index in [4.69, 9.17) is 14.7 Å². The largest absolute Gasteiger partial charge is 0.476 e. The van der Waals surface area contributed by atoms with Gasteiger partial charge in [-0.3, -0.25) is 9.38 Å². The summed E-state index contributed by atoms with van der Waals surface area (Å²) in [6.45, 7) is 2.51. The van der Waals surface area contributed by atoms with Crippen molar-refractivity contribution in [1.82, 2.24) is 19.4 Å². The average molecular weight is 366 g/mol. The molecule has 0 fully saturated rings. The molecule has 0 spiro atoms. The molecule has 136 valence electrons. The first-order chi connectivity index (χ1) is 13.8. The van der Waals surface area contributed by atoms with Crippen LogP contribution in [0.25, 0.3) is 39.1 Å². The van der Waals surface area contributed by atoms with E-state index in [1.807, 2.05) is 35.7 Å². The van der Waals surface area contributed by atoms with Crippen molar-refractivity contribution in [2.24, 2.45) is 0 Å². The first kappa shape index (κ1) is 16.4. The molecular weight excluding hydrogens is 348 g/mol. The SMILES string of the molecule is CCOc1nc(-c2ccc3ccc(-c4ccccc4)nc3c2)n2ccncc12. The first-order valence-electron chi connectivity index (χ1n) is 9.25. The third-order valence-corrected chi connectivity index (χ3v) is 4.71. The van der Waals surface area contributed by atoms with Crippen LogP contribution >= 0.6 is 0 Å². The molecule has 0 radical (unpaired) electrons. The minimum absolute atomic E-state index is 0.556. The molecule has 5 rings (SSSR count). The smallest absolute Gasteiger partial charge is 0.241 e. The zero-order chi connectivity index (χ0) is 18.9. The molecule has 3 aromatic heterocycles. The number of fused-ring (bicyclic) bond motifs is 2. The third kappa shape index (κ3) is 2.77. The van der Waals surface area contributed by atoms with E-state index < -0.39 is 0 Å². The zero-order valence-corrected chi connectivity index (χ0v) is 15.4. The summed E-state index contributed by atoms with van der Waals surface area (Å²) in [5.41, 5.74) is 4.83. The summed E-state index contributed by atoms with van der Waals surface area (Å²) in [5.74, 6) is 1.41. The fourth-order valence-electron chi connectivity index (χ4n) is 3.38. The molecule has 0 aliphatic heterocycles. The lowest BCUT2D eigenvalue weighted by atomic mass is 10.1. The monoisotopic (exact) mass is 366 g/mol. The molecule has 0 amide bonds. The van der Waals surface area contributed by atoms with Gasteiger partial charge in [-0.05, 0) is 19.1 Å². The van der Waals surface area contributed by atoms with E-state index in [2.05, 4.69) is 47.4 Å². The van der Waals surface area contributed by atoms with Gasteiger partial charge in [0, 0.05) is 28.9 Å². The second kappa shape index (κ2) is 6.78. The fourth-order valence-corrected chi connectivity index (χ4v) is 3.38. The van der Waals surface area contributed by atoms with Crippen LogP contribution in [-0.4, -0.2) is 26.0 Å². The number of imidazole rings is 1.